The quantitative estimate of drug-likeness (QED) is 0.782. The molecule has 1 aliphatic heterocycles. The molecule has 0 aliphatic carbocycles. The minimum Gasteiger partial charge on any atom is -0.313 e. The summed E-state index contributed by atoms with van der Waals surface area (Å²) < 4.78 is 26.8. The standard InChI is InChI=1S/C14H30N2O2S/c1-5-6-10-16(11-13-8-7-9-15-13)19(17,18)12-14(2,3)4/h13,15H,5-12H2,1-4H3. The lowest BCUT2D eigenvalue weighted by Gasteiger charge is -2.28. The number of nitrogens with one attached hydrogen (secondary N) is 1. The van der Waals surface area contributed by atoms with Crippen LogP contribution in [0, 0.1) is 5.41 Å². The van der Waals surface area contributed by atoms with Crippen molar-refractivity contribution in [3.05, 3.63) is 0 Å². The lowest BCUT2D eigenvalue weighted by Crippen LogP contribution is -2.44. The molecule has 1 unspecified atom stereocenters. The molecule has 4 nitrogen and oxygen atoms in total. The van der Waals surface area contributed by atoms with Crippen LogP contribution in [0.15, 0.2) is 0 Å². The third-order valence-electron chi connectivity index (χ3n) is 3.36. The second-order valence-electron chi connectivity index (χ2n) is 6.82. The molecule has 1 N–H and O–H groups in total. The summed E-state index contributed by atoms with van der Waals surface area (Å²) in [4.78, 5) is 0. The monoisotopic (exact) mass is 290 g/mol. The van der Waals surface area contributed by atoms with Crippen LogP contribution in [-0.4, -0.2) is 44.2 Å². The summed E-state index contributed by atoms with van der Waals surface area (Å²) >= 11 is 0. The third kappa shape index (κ3) is 6.23. The van der Waals surface area contributed by atoms with E-state index in [4.69, 9.17) is 0 Å². The second-order valence-corrected chi connectivity index (χ2v) is 8.79. The van der Waals surface area contributed by atoms with Crippen LogP contribution in [0.3, 0.4) is 0 Å². The smallest absolute Gasteiger partial charge is 0.214 e. The van der Waals surface area contributed by atoms with Crippen LogP contribution in [-0.2, 0) is 10.0 Å². The van der Waals surface area contributed by atoms with Gasteiger partial charge in [0.05, 0.1) is 5.75 Å². The molecule has 0 amide bonds. The summed E-state index contributed by atoms with van der Waals surface area (Å²) in [5.74, 6) is 0.233. The van der Waals surface area contributed by atoms with Gasteiger partial charge in [-0.15, -0.1) is 0 Å². The van der Waals surface area contributed by atoms with Crippen LogP contribution < -0.4 is 5.32 Å². The van der Waals surface area contributed by atoms with E-state index in [0.29, 0.717) is 19.1 Å². The lowest BCUT2D eigenvalue weighted by atomic mass is 10.0. The third-order valence-corrected chi connectivity index (χ3v) is 5.71. The van der Waals surface area contributed by atoms with Crippen molar-refractivity contribution in [3.8, 4) is 0 Å². The molecule has 0 aromatic heterocycles. The summed E-state index contributed by atoms with van der Waals surface area (Å²) in [6.45, 7) is 10.4. The van der Waals surface area contributed by atoms with E-state index in [-0.39, 0.29) is 11.2 Å². The molecule has 5 heteroatoms. The van der Waals surface area contributed by atoms with Gasteiger partial charge in [-0.05, 0) is 31.2 Å². The number of hydrogen-bond donors (Lipinski definition) is 1. The maximum atomic E-state index is 12.5. The van der Waals surface area contributed by atoms with E-state index in [9.17, 15) is 8.42 Å². The van der Waals surface area contributed by atoms with E-state index in [1.54, 1.807) is 4.31 Å². The van der Waals surface area contributed by atoms with Gasteiger partial charge in [0, 0.05) is 19.1 Å². The lowest BCUT2D eigenvalue weighted by molar-refractivity contribution is 0.352. The van der Waals surface area contributed by atoms with Crippen LogP contribution in [0.25, 0.3) is 0 Å². The highest BCUT2D eigenvalue weighted by molar-refractivity contribution is 7.89. The van der Waals surface area contributed by atoms with Gasteiger partial charge in [0.2, 0.25) is 10.0 Å². The average molecular weight is 290 g/mol. The van der Waals surface area contributed by atoms with Crippen molar-refractivity contribution in [3.63, 3.8) is 0 Å². The Hall–Kier alpha value is -0.130. The first-order valence-corrected chi connectivity index (χ1v) is 9.07. The van der Waals surface area contributed by atoms with E-state index in [1.165, 1.54) is 0 Å². The topological polar surface area (TPSA) is 49.4 Å². The van der Waals surface area contributed by atoms with Crippen LogP contribution in [0.1, 0.15) is 53.4 Å². The zero-order valence-electron chi connectivity index (χ0n) is 12.9. The van der Waals surface area contributed by atoms with Gasteiger partial charge in [0.1, 0.15) is 0 Å². The van der Waals surface area contributed by atoms with Gasteiger partial charge in [0.25, 0.3) is 0 Å². The predicted molar refractivity (Wildman–Crippen MR) is 80.7 cm³/mol. The van der Waals surface area contributed by atoms with E-state index in [0.717, 1.165) is 32.2 Å². The molecule has 1 aliphatic rings. The molecule has 1 fully saturated rings. The Balaban J connectivity index is 2.70. The summed E-state index contributed by atoms with van der Waals surface area (Å²) in [5.41, 5.74) is -0.188. The average Bonchev–Trinajstić information content (AvgIpc) is 2.73. The predicted octanol–water partition coefficient (Wildman–Crippen LogP) is 2.22. The molecule has 0 saturated carbocycles. The van der Waals surface area contributed by atoms with Crippen LogP contribution in [0.4, 0.5) is 0 Å². The molecule has 19 heavy (non-hydrogen) atoms. The number of sulfonamides is 1. The molecule has 114 valence electrons. The maximum absolute atomic E-state index is 12.5. The van der Waals surface area contributed by atoms with Crippen LogP contribution >= 0.6 is 0 Å². The summed E-state index contributed by atoms with van der Waals surface area (Å²) in [5, 5.41) is 3.39. The molecule has 0 bridgehead atoms. The zero-order chi connectivity index (χ0) is 14.5. The number of unbranched alkanes of at least 4 members (excludes halogenated alkanes) is 1. The van der Waals surface area contributed by atoms with E-state index in [1.807, 2.05) is 20.8 Å². The van der Waals surface area contributed by atoms with Crippen molar-refractivity contribution in [1.29, 1.82) is 0 Å². The molecule has 1 atom stereocenters. The molecule has 0 radical (unpaired) electrons. The van der Waals surface area contributed by atoms with Crippen molar-refractivity contribution < 1.29 is 8.42 Å². The van der Waals surface area contributed by atoms with Gasteiger partial charge in [-0.25, -0.2) is 12.7 Å². The second kappa shape index (κ2) is 7.04. The maximum Gasteiger partial charge on any atom is 0.214 e. The Bertz CT molecular complexity index is 354. The van der Waals surface area contributed by atoms with Gasteiger partial charge in [-0.1, -0.05) is 34.1 Å². The SMILES string of the molecule is CCCCN(CC1CCCN1)S(=O)(=O)CC(C)(C)C. The van der Waals surface area contributed by atoms with Gasteiger partial charge in [-0.2, -0.15) is 0 Å². The first-order valence-electron chi connectivity index (χ1n) is 7.46. The molecule has 0 aromatic rings. The Morgan fingerprint density at radius 2 is 2.00 bits per heavy atom. The van der Waals surface area contributed by atoms with Gasteiger partial charge >= 0.3 is 0 Å². The fourth-order valence-corrected chi connectivity index (χ4v) is 4.57. The zero-order valence-corrected chi connectivity index (χ0v) is 13.7. The summed E-state index contributed by atoms with van der Waals surface area (Å²) in [6.07, 6.45) is 4.22. The Kier molecular flexibility index (Phi) is 6.27. The molecular weight excluding hydrogens is 260 g/mol. The van der Waals surface area contributed by atoms with Crippen molar-refractivity contribution in [2.75, 3.05) is 25.4 Å². The highest BCUT2D eigenvalue weighted by Gasteiger charge is 2.30. The van der Waals surface area contributed by atoms with Gasteiger partial charge in [0.15, 0.2) is 0 Å². The molecule has 1 heterocycles. The van der Waals surface area contributed by atoms with Gasteiger partial charge in [-0.3, -0.25) is 0 Å². The first kappa shape index (κ1) is 16.9. The van der Waals surface area contributed by atoms with Gasteiger partial charge < -0.3 is 5.32 Å². The van der Waals surface area contributed by atoms with Crippen molar-refractivity contribution >= 4 is 10.0 Å². The number of hydrogen-bond acceptors (Lipinski definition) is 3. The minimum atomic E-state index is -3.15. The molecule has 1 rings (SSSR count). The van der Waals surface area contributed by atoms with Crippen molar-refractivity contribution in [2.24, 2.45) is 5.41 Å². The molecular formula is C14H30N2O2S. The highest BCUT2D eigenvalue weighted by atomic mass is 32.2. The molecule has 0 aromatic carbocycles. The first-order chi connectivity index (χ1) is 8.74. The largest absolute Gasteiger partial charge is 0.313 e. The van der Waals surface area contributed by atoms with Crippen LogP contribution in [0.5, 0.6) is 0 Å². The Labute approximate surface area is 119 Å². The fourth-order valence-electron chi connectivity index (χ4n) is 2.48. The van der Waals surface area contributed by atoms with Crippen molar-refractivity contribution in [2.45, 2.75) is 59.4 Å². The normalized spacial score (nSPS) is 21.2. The van der Waals surface area contributed by atoms with E-state index >= 15 is 0 Å². The minimum absolute atomic E-state index is 0.188. The summed E-state index contributed by atoms with van der Waals surface area (Å²) in [6, 6.07) is 0.339. The fraction of sp³-hybridized carbons (Fsp3) is 1.00. The highest BCUT2D eigenvalue weighted by Crippen LogP contribution is 2.20. The number of rotatable bonds is 7. The summed E-state index contributed by atoms with van der Waals surface area (Å²) in [7, 11) is -3.15. The van der Waals surface area contributed by atoms with E-state index in [2.05, 4.69) is 12.2 Å². The Morgan fingerprint density at radius 3 is 2.47 bits per heavy atom. The van der Waals surface area contributed by atoms with Crippen LogP contribution in [0.2, 0.25) is 0 Å². The van der Waals surface area contributed by atoms with Crippen molar-refractivity contribution in [1.82, 2.24) is 9.62 Å². The molecule has 1 saturated heterocycles. The Morgan fingerprint density at radius 1 is 1.32 bits per heavy atom. The van der Waals surface area contributed by atoms with E-state index < -0.39 is 10.0 Å². The number of nitrogens with zero attached hydrogens (tertiary/aromatic N) is 1. The molecule has 0 spiro atoms.